The first-order chi connectivity index (χ1) is 11.4. The average molecular weight is 350 g/mol. The molecule has 0 fully saturated rings. The Morgan fingerprint density at radius 2 is 1.62 bits per heavy atom. The van der Waals surface area contributed by atoms with Crippen molar-refractivity contribution in [1.82, 2.24) is 4.57 Å². The predicted molar refractivity (Wildman–Crippen MR) is 91.4 cm³/mol. The van der Waals surface area contributed by atoms with Gasteiger partial charge in [-0.2, -0.15) is 0 Å². The van der Waals surface area contributed by atoms with Crippen LogP contribution in [0.4, 0.5) is 0 Å². The smallest absolute Gasteiger partial charge is 0.327 e. The molecule has 128 valence electrons. The van der Waals surface area contributed by atoms with E-state index < -0.39 is 17.4 Å². The van der Waals surface area contributed by atoms with Crippen LogP contribution in [0.15, 0.2) is 42.7 Å². The number of benzene rings is 1. The number of hydrogen-bond donors (Lipinski definition) is 0. The summed E-state index contributed by atoms with van der Waals surface area (Å²) in [5.74, 6) is -1.32. The van der Waals surface area contributed by atoms with Gasteiger partial charge in [-0.1, -0.05) is 17.7 Å². The summed E-state index contributed by atoms with van der Waals surface area (Å²) < 4.78 is 12.0. The second-order valence-electron chi connectivity index (χ2n) is 5.32. The first kappa shape index (κ1) is 18.1. The van der Waals surface area contributed by atoms with Crippen molar-refractivity contribution >= 4 is 23.5 Å². The summed E-state index contributed by atoms with van der Waals surface area (Å²) in [5.41, 5.74) is -0.383. The minimum atomic E-state index is -1.56. The van der Waals surface area contributed by atoms with Gasteiger partial charge in [-0.3, -0.25) is 9.59 Å². The zero-order chi connectivity index (χ0) is 17.7. The van der Waals surface area contributed by atoms with Crippen molar-refractivity contribution in [3.63, 3.8) is 0 Å². The number of hydrogen-bond acceptors (Lipinski definition) is 4. The van der Waals surface area contributed by atoms with Crippen molar-refractivity contribution in [2.45, 2.75) is 26.2 Å². The van der Waals surface area contributed by atoms with Crippen LogP contribution in [0.2, 0.25) is 5.02 Å². The van der Waals surface area contributed by atoms with Gasteiger partial charge in [0.05, 0.1) is 23.9 Å². The molecule has 0 unspecified atom stereocenters. The number of nitrogens with zero attached hydrogens (tertiary/aromatic N) is 1. The molecule has 5 nitrogen and oxygen atoms in total. The van der Waals surface area contributed by atoms with Gasteiger partial charge in [-0.05, 0) is 50.6 Å². The van der Waals surface area contributed by atoms with Crippen LogP contribution < -0.4 is 0 Å². The monoisotopic (exact) mass is 349 g/mol. The fourth-order valence-corrected chi connectivity index (χ4v) is 2.67. The van der Waals surface area contributed by atoms with Gasteiger partial charge in [0.2, 0.25) is 0 Å². The third kappa shape index (κ3) is 3.31. The highest BCUT2D eigenvalue weighted by Gasteiger charge is 2.46. The lowest BCUT2D eigenvalue weighted by Gasteiger charge is -2.26. The predicted octanol–water partition coefficient (Wildman–Crippen LogP) is 3.51. The maximum atomic E-state index is 12.4. The van der Waals surface area contributed by atoms with Crippen molar-refractivity contribution in [2.24, 2.45) is 0 Å². The summed E-state index contributed by atoms with van der Waals surface area (Å²) in [7, 11) is 0. The Labute approximate surface area is 146 Å². The number of esters is 2. The van der Waals surface area contributed by atoms with E-state index in [2.05, 4.69) is 0 Å². The van der Waals surface area contributed by atoms with Crippen molar-refractivity contribution in [3.8, 4) is 5.69 Å². The van der Waals surface area contributed by atoms with Crippen LogP contribution in [0.25, 0.3) is 5.69 Å². The summed E-state index contributed by atoms with van der Waals surface area (Å²) in [6.45, 7) is 5.20. The third-order valence-corrected chi connectivity index (χ3v) is 4.08. The largest absolute Gasteiger partial charge is 0.465 e. The average Bonchev–Trinajstić information content (AvgIpc) is 3.08. The van der Waals surface area contributed by atoms with Gasteiger partial charge >= 0.3 is 11.9 Å². The van der Waals surface area contributed by atoms with Crippen LogP contribution in [-0.4, -0.2) is 29.7 Å². The third-order valence-electron chi connectivity index (χ3n) is 3.78. The molecule has 1 aromatic heterocycles. The molecule has 0 aliphatic carbocycles. The Morgan fingerprint density at radius 3 is 2.08 bits per heavy atom. The fourth-order valence-electron chi connectivity index (χ4n) is 2.39. The highest BCUT2D eigenvalue weighted by Crippen LogP contribution is 2.32. The maximum Gasteiger partial charge on any atom is 0.327 e. The number of aromatic nitrogens is 1. The molecule has 0 aliphatic rings. The van der Waals surface area contributed by atoms with E-state index in [0.717, 1.165) is 5.69 Å². The quantitative estimate of drug-likeness (QED) is 0.591. The summed E-state index contributed by atoms with van der Waals surface area (Å²) in [6.07, 6.45) is 3.72. The zero-order valence-corrected chi connectivity index (χ0v) is 14.7. The van der Waals surface area contributed by atoms with Crippen molar-refractivity contribution in [1.29, 1.82) is 0 Å². The Hall–Kier alpha value is -2.27. The topological polar surface area (TPSA) is 57.5 Å². The lowest BCUT2D eigenvalue weighted by Crippen LogP contribution is -2.43. The molecule has 0 atom stereocenters. The van der Waals surface area contributed by atoms with E-state index in [1.807, 2.05) is 29.1 Å². The first-order valence-corrected chi connectivity index (χ1v) is 8.10. The number of halogens is 1. The Balaban J connectivity index is 2.49. The summed E-state index contributed by atoms with van der Waals surface area (Å²) in [5, 5.41) is 0.420. The van der Waals surface area contributed by atoms with Gasteiger partial charge in [-0.25, -0.2) is 0 Å². The molecule has 0 N–H and O–H groups in total. The van der Waals surface area contributed by atoms with Crippen LogP contribution in [0, 0.1) is 0 Å². The fraction of sp³-hybridized carbons (Fsp3) is 0.333. The molecule has 0 bridgehead atoms. The Kier molecular flexibility index (Phi) is 5.67. The van der Waals surface area contributed by atoms with Crippen LogP contribution in [0.1, 0.15) is 26.3 Å². The van der Waals surface area contributed by atoms with Gasteiger partial charge in [0.1, 0.15) is 0 Å². The molecule has 6 heteroatoms. The van der Waals surface area contributed by atoms with Gasteiger partial charge in [0.25, 0.3) is 0 Å². The van der Waals surface area contributed by atoms with Crippen LogP contribution in [0.3, 0.4) is 0 Å². The van der Waals surface area contributed by atoms with Gasteiger partial charge in [0.15, 0.2) is 5.41 Å². The normalized spacial score (nSPS) is 11.2. The van der Waals surface area contributed by atoms with Crippen molar-refractivity contribution in [2.75, 3.05) is 13.2 Å². The molecular weight excluding hydrogens is 330 g/mol. The van der Waals surface area contributed by atoms with E-state index in [0.29, 0.717) is 10.6 Å². The lowest BCUT2D eigenvalue weighted by molar-refractivity contribution is -0.163. The van der Waals surface area contributed by atoms with E-state index in [9.17, 15) is 9.59 Å². The minimum Gasteiger partial charge on any atom is -0.465 e. The Morgan fingerprint density at radius 1 is 1.08 bits per heavy atom. The second kappa shape index (κ2) is 7.53. The van der Waals surface area contributed by atoms with Gasteiger partial charge in [0, 0.05) is 12.4 Å². The number of carbonyl (C=O) groups is 2. The summed E-state index contributed by atoms with van der Waals surface area (Å²) >= 11 is 6.37. The molecule has 0 amide bonds. The highest BCUT2D eigenvalue weighted by atomic mass is 35.5. The Bertz CT molecular complexity index is 707. The number of carbonyl (C=O) groups excluding carboxylic acids is 2. The minimum absolute atomic E-state index is 0.170. The van der Waals surface area contributed by atoms with E-state index in [1.165, 1.54) is 6.92 Å². The zero-order valence-electron chi connectivity index (χ0n) is 13.9. The standard InChI is InChI=1S/C18H20ClNO4/c1-4-23-16(21)18(3,17(22)24-5-2)13-8-9-15(14(19)12-13)20-10-6-7-11-20/h6-12H,4-5H2,1-3H3. The molecule has 0 saturated heterocycles. The van der Waals surface area contributed by atoms with E-state index >= 15 is 0 Å². The molecular formula is C18H20ClNO4. The number of ether oxygens (including phenoxy) is 2. The molecule has 0 spiro atoms. The molecule has 1 aromatic carbocycles. The molecule has 0 saturated carbocycles. The van der Waals surface area contributed by atoms with Crippen LogP contribution >= 0.6 is 11.6 Å². The van der Waals surface area contributed by atoms with Crippen molar-refractivity contribution < 1.29 is 19.1 Å². The molecule has 0 radical (unpaired) electrons. The molecule has 2 aromatic rings. The van der Waals surface area contributed by atoms with E-state index in [-0.39, 0.29) is 13.2 Å². The van der Waals surface area contributed by atoms with Crippen LogP contribution in [0.5, 0.6) is 0 Å². The second-order valence-corrected chi connectivity index (χ2v) is 5.73. The van der Waals surface area contributed by atoms with E-state index in [4.69, 9.17) is 21.1 Å². The van der Waals surface area contributed by atoms with Crippen molar-refractivity contribution in [3.05, 3.63) is 53.3 Å². The van der Waals surface area contributed by atoms with Gasteiger partial charge < -0.3 is 14.0 Å². The number of rotatable bonds is 6. The van der Waals surface area contributed by atoms with Crippen LogP contribution in [-0.2, 0) is 24.5 Å². The molecule has 1 heterocycles. The maximum absolute atomic E-state index is 12.4. The summed E-state index contributed by atoms with van der Waals surface area (Å²) in [6, 6.07) is 8.81. The highest BCUT2D eigenvalue weighted by molar-refractivity contribution is 6.32. The first-order valence-electron chi connectivity index (χ1n) is 7.73. The van der Waals surface area contributed by atoms with Gasteiger partial charge in [-0.15, -0.1) is 0 Å². The molecule has 2 rings (SSSR count). The molecule has 0 aliphatic heterocycles. The summed E-state index contributed by atoms with van der Waals surface area (Å²) in [4.78, 5) is 24.9. The SMILES string of the molecule is CCOC(=O)C(C)(C(=O)OCC)c1ccc(-n2cccc2)c(Cl)c1. The van der Waals surface area contributed by atoms with E-state index in [1.54, 1.807) is 32.0 Å². The lowest BCUT2D eigenvalue weighted by atomic mass is 9.82. The molecule has 24 heavy (non-hydrogen) atoms.